The Kier molecular flexibility index (Phi) is 5.53. The minimum Gasteiger partial charge on any atom is -0.491 e. The number of aromatic nitrogens is 2. The second-order valence-corrected chi connectivity index (χ2v) is 6.84. The number of aryl methyl sites for hydroxylation is 2. The lowest BCUT2D eigenvalue weighted by molar-refractivity contribution is 0.0592. The van der Waals surface area contributed by atoms with Gasteiger partial charge in [0.1, 0.15) is 18.5 Å². The third-order valence-corrected chi connectivity index (χ3v) is 4.81. The maximum absolute atomic E-state index is 10.3. The highest BCUT2D eigenvalue weighted by Crippen LogP contribution is 2.27. The van der Waals surface area contributed by atoms with Crippen molar-refractivity contribution >= 4 is 0 Å². The summed E-state index contributed by atoms with van der Waals surface area (Å²) in [5.41, 5.74) is 3.64. The molecule has 0 spiro atoms. The summed E-state index contributed by atoms with van der Waals surface area (Å²) in [6.45, 7) is 7.13. The molecule has 1 saturated heterocycles. The number of aromatic amines is 1. The van der Waals surface area contributed by atoms with Crippen LogP contribution in [0.5, 0.6) is 5.75 Å². The number of hydrogen-bond acceptors (Lipinski definition) is 4. The summed E-state index contributed by atoms with van der Waals surface area (Å²) < 4.78 is 5.79. The SMILES string of the molecule is Cc1ccc(OC[C@@H](O)CN2CCC(c3cn[nH]c3)CC2)c(C)c1. The summed E-state index contributed by atoms with van der Waals surface area (Å²) in [7, 11) is 0. The Labute approximate surface area is 143 Å². The number of piperidine rings is 1. The van der Waals surface area contributed by atoms with Crippen LogP contribution in [-0.4, -0.2) is 52.5 Å². The number of β-amino-alcohol motifs (C(OH)–C–C–N with tert-alkyl or cyclic N) is 1. The van der Waals surface area contributed by atoms with Gasteiger partial charge in [0.15, 0.2) is 0 Å². The molecule has 1 aromatic carbocycles. The van der Waals surface area contributed by atoms with Crippen LogP contribution in [0.1, 0.15) is 35.4 Å². The van der Waals surface area contributed by atoms with Gasteiger partial charge in [0.05, 0.1) is 6.20 Å². The Hall–Kier alpha value is -1.85. The van der Waals surface area contributed by atoms with Crippen LogP contribution in [0.4, 0.5) is 0 Å². The zero-order valence-corrected chi connectivity index (χ0v) is 14.5. The first kappa shape index (κ1) is 17.0. The lowest BCUT2D eigenvalue weighted by atomic mass is 9.91. The van der Waals surface area contributed by atoms with Crippen molar-refractivity contribution in [1.82, 2.24) is 15.1 Å². The summed E-state index contributed by atoms with van der Waals surface area (Å²) in [6.07, 6.45) is 5.69. The quantitative estimate of drug-likeness (QED) is 0.855. The summed E-state index contributed by atoms with van der Waals surface area (Å²) in [6, 6.07) is 6.12. The molecule has 0 aliphatic carbocycles. The first-order valence-electron chi connectivity index (χ1n) is 8.71. The molecule has 0 amide bonds. The van der Waals surface area contributed by atoms with Crippen molar-refractivity contribution in [3.63, 3.8) is 0 Å². The van der Waals surface area contributed by atoms with Gasteiger partial charge in [-0.1, -0.05) is 17.7 Å². The van der Waals surface area contributed by atoms with Crippen LogP contribution in [-0.2, 0) is 0 Å². The molecule has 1 aliphatic heterocycles. The van der Waals surface area contributed by atoms with Gasteiger partial charge < -0.3 is 14.7 Å². The van der Waals surface area contributed by atoms with E-state index in [4.69, 9.17) is 4.74 Å². The van der Waals surface area contributed by atoms with Crippen molar-refractivity contribution < 1.29 is 9.84 Å². The fraction of sp³-hybridized carbons (Fsp3) is 0.526. The Morgan fingerprint density at radius 1 is 1.33 bits per heavy atom. The lowest BCUT2D eigenvalue weighted by Crippen LogP contribution is -2.40. The molecule has 2 heterocycles. The topological polar surface area (TPSA) is 61.4 Å². The maximum atomic E-state index is 10.3. The Bertz CT molecular complexity index is 634. The van der Waals surface area contributed by atoms with Gasteiger partial charge in [0.2, 0.25) is 0 Å². The van der Waals surface area contributed by atoms with Gasteiger partial charge in [0, 0.05) is 12.7 Å². The van der Waals surface area contributed by atoms with E-state index in [1.165, 1.54) is 11.1 Å². The molecule has 0 bridgehead atoms. The monoisotopic (exact) mass is 329 g/mol. The Morgan fingerprint density at radius 3 is 2.79 bits per heavy atom. The lowest BCUT2D eigenvalue weighted by Gasteiger charge is -2.32. The third-order valence-electron chi connectivity index (χ3n) is 4.81. The molecule has 3 rings (SSSR count). The number of hydrogen-bond donors (Lipinski definition) is 2. The number of benzene rings is 1. The smallest absolute Gasteiger partial charge is 0.122 e. The molecule has 0 saturated carbocycles. The second kappa shape index (κ2) is 7.81. The highest BCUT2D eigenvalue weighted by Gasteiger charge is 2.22. The number of nitrogens with one attached hydrogen (secondary N) is 1. The van der Waals surface area contributed by atoms with E-state index in [1.54, 1.807) is 0 Å². The molecule has 1 aliphatic rings. The highest BCUT2D eigenvalue weighted by atomic mass is 16.5. The fourth-order valence-electron chi connectivity index (χ4n) is 3.43. The molecule has 5 heteroatoms. The number of H-pyrrole nitrogens is 1. The van der Waals surface area contributed by atoms with Crippen LogP contribution in [0.2, 0.25) is 0 Å². The fourth-order valence-corrected chi connectivity index (χ4v) is 3.43. The van der Waals surface area contributed by atoms with Gasteiger partial charge in [0.25, 0.3) is 0 Å². The van der Waals surface area contributed by atoms with Crippen LogP contribution in [0.3, 0.4) is 0 Å². The van der Waals surface area contributed by atoms with E-state index < -0.39 is 6.10 Å². The van der Waals surface area contributed by atoms with Crippen LogP contribution >= 0.6 is 0 Å². The number of aliphatic hydroxyl groups excluding tert-OH is 1. The van der Waals surface area contributed by atoms with Crippen molar-refractivity contribution in [1.29, 1.82) is 0 Å². The molecular formula is C19H27N3O2. The molecule has 0 radical (unpaired) electrons. The van der Waals surface area contributed by atoms with Crippen molar-refractivity contribution in [3.8, 4) is 5.75 Å². The van der Waals surface area contributed by atoms with Crippen molar-refractivity contribution in [2.75, 3.05) is 26.2 Å². The second-order valence-electron chi connectivity index (χ2n) is 6.84. The van der Waals surface area contributed by atoms with Crippen molar-refractivity contribution in [2.45, 2.75) is 38.7 Å². The van der Waals surface area contributed by atoms with E-state index in [1.807, 2.05) is 31.5 Å². The number of rotatable bonds is 6. The van der Waals surface area contributed by atoms with Crippen LogP contribution < -0.4 is 4.74 Å². The Balaban J connectivity index is 1.42. The number of likely N-dealkylation sites (tertiary alicyclic amines) is 1. The number of ether oxygens (including phenoxy) is 1. The molecule has 5 nitrogen and oxygen atoms in total. The van der Waals surface area contributed by atoms with Crippen LogP contribution in [0.25, 0.3) is 0 Å². The molecule has 130 valence electrons. The average Bonchev–Trinajstić information content (AvgIpc) is 3.09. The molecule has 1 atom stereocenters. The van der Waals surface area contributed by atoms with E-state index in [-0.39, 0.29) is 0 Å². The minimum absolute atomic E-state index is 0.339. The third kappa shape index (κ3) is 4.36. The zero-order valence-electron chi connectivity index (χ0n) is 14.5. The van der Waals surface area contributed by atoms with Gasteiger partial charge in [-0.15, -0.1) is 0 Å². The molecule has 1 fully saturated rings. The largest absolute Gasteiger partial charge is 0.491 e. The number of nitrogens with zero attached hydrogens (tertiary/aromatic N) is 2. The standard InChI is InChI=1S/C19H27N3O2/c1-14-3-4-19(15(2)9-14)24-13-18(23)12-22-7-5-16(6-8-22)17-10-20-21-11-17/h3-4,9-11,16,18,23H,5-8,12-13H2,1-2H3,(H,20,21)/t18-/m0/s1. The van der Waals surface area contributed by atoms with E-state index >= 15 is 0 Å². The van der Waals surface area contributed by atoms with E-state index in [0.29, 0.717) is 19.1 Å². The van der Waals surface area contributed by atoms with Crippen molar-refractivity contribution in [3.05, 3.63) is 47.3 Å². The van der Waals surface area contributed by atoms with Gasteiger partial charge in [-0.05, 0) is 62.9 Å². The Morgan fingerprint density at radius 2 is 2.12 bits per heavy atom. The first-order chi connectivity index (χ1) is 11.6. The zero-order chi connectivity index (χ0) is 16.9. The molecular weight excluding hydrogens is 302 g/mol. The predicted molar refractivity (Wildman–Crippen MR) is 94.4 cm³/mol. The summed E-state index contributed by atoms with van der Waals surface area (Å²) in [4.78, 5) is 2.33. The first-order valence-corrected chi connectivity index (χ1v) is 8.71. The van der Waals surface area contributed by atoms with Crippen LogP contribution in [0, 0.1) is 13.8 Å². The maximum Gasteiger partial charge on any atom is 0.122 e. The van der Waals surface area contributed by atoms with E-state index in [2.05, 4.69) is 28.1 Å². The van der Waals surface area contributed by atoms with Gasteiger partial charge in [-0.25, -0.2) is 0 Å². The average molecular weight is 329 g/mol. The van der Waals surface area contributed by atoms with Gasteiger partial charge in [-0.3, -0.25) is 5.10 Å². The van der Waals surface area contributed by atoms with Gasteiger partial charge >= 0.3 is 0 Å². The highest BCUT2D eigenvalue weighted by molar-refractivity contribution is 5.35. The summed E-state index contributed by atoms with van der Waals surface area (Å²) >= 11 is 0. The summed E-state index contributed by atoms with van der Waals surface area (Å²) in [5, 5.41) is 17.2. The van der Waals surface area contributed by atoms with Gasteiger partial charge in [-0.2, -0.15) is 5.10 Å². The van der Waals surface area contributed by atoms with Crippen LogP contribution in [0.15, 0.2) is 30.6 Å². The van der Waals surface area contributed by atoms with E-state index in [9.17, 15) is 5.11 Å². The van der Waals surface area contributed by atoms with Crippen molar-refractivity contribution in [2.24, 2.45) is 0 Å². The normalized spacial score (nSPS) is 17.8. The summed E-state index contributed by atoms with van der Waals surface area (Å²) in [5.74, 6) is 1.45. The number of aliphatic hydroxyl groups is 1. The molecule has 0 unspecified atom stereocenters. The molecule has 2 aromatic rings. The predicted octanol–water partition coefficient (Wildman–Crippen LogP) is 2.65. The van der Waals surface area contributed by atoms with E-state index in [0.717, 1.165) is 37.2 Å². The minimum atomic E-state index is -0.462. The molecule has 24 heavy (non-hydrogen) atoms. The molecule has 2 N–H and O–H groups in total. The molecule has 1 aromatic heterocycles.